The normalized spacial score (nSPS) is 12.0. The van der Waals surface area contributed by atoms with Crippen LogP contribution < -0.4 is 5.32 Å². The monoisotopic (exact) mass is 286 g/mol. The lowest BCUT2D eigenvalue weighted by atomic mass is 10.1. The topological polar surface area (TPSA) is 50.2 Å². The number of nitrogens with one attached hydrogen (secondary N) is 1. The molecule has 1 N–H and O–H groups in total. The van der Waals surface area contributed by atoms with Gasteiger partial charge in [-0.15, -0.1) is 0 Å². The number of rotatable bonds is 5. The predicted molar refractivity (Wildman–Crippen MR) is 83.8 cm³/mol. The number of nitrogens with zero attached hydrogens (tertiary/aromatic N) is 3. The maximum atomic E-state index is 11.4. The third-order valence-electron chi connectivity index (χ3n) is 3.56. The van der Waals surface area contributed by atoms with Crippen molar-refractivity contribution in [2.24, 2.45) is 7.05 Å². The lowest BCUT2D eigenvalue weighted by Crippen LogP contribution is -2.23. The zero-order valence-corrected chi connectivity index (χ0v) is 13.0. The number of anilines is 1. The predicted octanol–water partition coefficient (Wildman–Crippen LogP) is 2.57. The Bertz CT molecular complexity index is 620. The second-order valence-corrected chi connectivity index (χ2v) is 5.35. The summed E-state index contributed by atoms with van der Waals surface area (Å²) in [6.45, 7) is 4.27. The van der Waals surface area contributed by atoms with E-state index in [0.717, 1.165) is 16.8 Å². The first-order valence-electron chi connectivity index (χ1n) is 7.02. The number of hydrogen-bond donors (Lipinski definition) is 1. The number of benzene rings is 1. The van der Waals surface area contributed by atoms with Crippen molar-refractivity contribution in [1.82, 2.24) is 14.7 Å². The van der Waals surface area contributed by atoms with Gasteiger partial charge in [0.05, 0.1) is 12.2 Å². The minimum absolute atomic E-state index is 0.0603. The second kappa shape index (κ2) is 6.43. The van der Waals surface area contributed by atoms with E-state index >= 15 is 0 Å². The molecule has 0 fully saturated rings. The maximum absolute atomic E-state index is 11.4. The van der Waals surface area contributed by atoms with Crippen LogP contribution in [0.25, 0.3) is 0 Å². The van der Waals surface area contributed by atoms with Crippen LogP contribution in [0.15, 0.2) is 36.7 Å². The standard InChI is InChI=1S/C16H22N4O/c1-12(15-9-17-20(4)11-15)18-16-8-6-5-7-14(16)10-19(3)13(2)21/h5-9,11-12,18H,10H2,1-4H3. The average Bonchev–Trinajstić information content (AvgIpc) is 2.87. The Labute approximate surface area is 125 Å². The Morgan fingerprint density at radius 2 is 2.14 bits per heavy atom. The molecule has 2 rings (SSSR count). The molecule has 0 spiro atoms. The van der Waals surface area contributed by atoms with Crippen LogP contribution in [0.5, 0.6) is 0 Å². The van der Waals surface area contributed by atoms with Gasteiger partial charge < -0.3 is 10.2 Å². The molecule has 2 aromatic rings. The summed E-state index contributed by atoms with van der Waals surface area (Å²) in [6.07, 6.45) is 3.87. The summed E-state index contributed by atoms with van der Waals surface area (Å²) in [4.78, 5) is 13.1. The summed E-state index contributed by atoms with van der Waals surface area (Å²) in [5.41, 5.74) is 3.28. The van der Waals surface area contributed by atoms with Crippen molar-refractivity contribution >= 4 is 11.6 Å². The molecule has 112 valence electrons. The minimum Gasteiger partial charge on any atom is -0.378 e. The largest absolute Gasteiger partial charge is 0.378 e. The van der Waals surface area contributed by atoms with Crippen molar-refractivity contribution in [3.63, 3.8) is 0 Å². The van der Waals surface area contributed by atoms with Crippen molar-refractivity contribution in [2.75, 3.05) is 12.4 Å². The third-order valence-corrected chi connectivity index (χ3v) is 3.56. The molecule has 0 aliphatic rings. The Kier molecular flexibility index (Phi) is 4.62. The van der Waals surface area contributed by atoms with Crippen molar-refractivity contribution in [3.8, 4) is 0 Å². The van der Waals surface area contributed by atoms with Gasteiger partial charge >= 0.3 is 0 Å². The van der Waals surface area contributed by atoms with Crippen LogP contribution >= 0.6 is 0 Å². The first-order valence-corrected chi connectivity index (χ1v) is 7.02. The highest BCUT2D eigenvalue weighted by atomic mass is 16.2. The van der Waals surface area contributed by atoms with E-state index in [0.29, 0.717) is 6.54 Å². The van der Waals surface area contributed by atoms with Gasteiger partial charge in [-0.25, -0.2) is 0 Å². The fourth-order valence-electron chi connectivity index (χ4n) is 2.15. The average molecular weight is 286 g/mol. The Morgan fingerprint density at radius 1 is 1.43 bits per heavy atom. The van der Waals surface area contributed by atoms with Gasteiger partial charge in [-0.3, -0.25) is 9.48 Å². The molecule has 1 atom stereocenters. The minimum atomic E-state index is 0.0603. The summed E-state index contributed by atoms with van der Waals surface area (Å²) < 4.78 is 1.79. The number of carbonyl (C=O) groups excluding carboxylic acids is 1. The molecular formula is C16H22N4O. The first-order chi connectivity index (χ1) is 9.97. The SMILES string of the molecule is CC(=O)N(C)Cc1ccccc1NC(C)c1cnn(C)c1. The summed E-state index contributed by atoms with van der Waals surface area (Å²) in [6, 6.07) is 8.22. The molecule has 5 heteroatoms. The lowest BCUT2D eigenvalue weighted by molar-refractivity contribution is -0.128. The van der Waals surface area contributed by atoms with Crippen LogP contribution in [0, 0.1) is 0 Å². The van der Waals surface area contributed by atoms with Crippen LogP contribution in [-0.4, -0.2) is 27.6 Å². The molecule has 0 radical (unpaired) electrons. The molecule has 1 aromatic heterocycles. The number of aryl methyl sites for hydroxylation is 1. The molecule has 1 heterocycles. The van der Waals surface area contributed by atoms with Crippen LogP contribution in [0.1, 0.15) is 31.0 Å². The van der Waals surface area contributed by atoms with Crippen molar-refractivity contribution in [1.29, 1.82) is 0 Å². The number of carbonyl (C=O) groups is 1. The summed E-state index contributed by atoms with van der Waals surface area (Å²) in [5.74, 6) is 0.0603. The fourth-order valence-corrected chi connectivity index (χ4v) is 2.15. The van der Waals surface area contributed by atoms with E-state index in [4.69, 9.17) is 0 Å². The molecule has 1 unspecified atom stereocenters. The summed E-state index contributed by atoms with van der Waals surface area (Å²) >= 11 is 0. The van der Waals surface area contributed by atoms with Gasteiger partial charge in [-0.05, 0) is 18.6 Å². The molecule has 21 heavy (non-hydrogen) atoms. The van der Waals surface area contributed by atoms with Gasteiger partial charge in [-0.2, -0.15) is 5.10 Å². The van der Waals surface area contributed by atoms with Gasteiger partial charge in [0.15, 0.2) is 0 Å². The van der Waals surface area contributed by atoms with Gasteiger partial charge in [0, 0.05) is 45.0 Å². The van der Waals surface area contributed by atoms with E-state index in [1.165, 1.54) is 0 Å². The van der Waals surface area contributed by atoms with E-state index in [1.807, 2.05) is 50.8 Å². The molecule has 0 bridgehead atoms. The number of hydrogen-bond acceptors (Lipinski definition) is 3. The quantitative estimate of drug-likeness (QED) is 0.919. The van der Waals surface area contributed by atoms with E-state index < -0.39 is 0 Å². The Morgan fingerprint density at radius 3 is 2.76 bits per heavy atom. The number of para-hydroxylation sites is 1. The molecule has 5 nitrogen and oxygen atoms in total. The highest BCUT2D eigenvalue weighted by Gasteiger charge is 2.11. The van der Waals surface area contributed by atoms with Gasteiger partial charge in [0.1, 0.15) is 0 Å². The van der Waals surface area contributed by atoms with Gasteiger partial charge in [-0.1, -0.05) is 18.2 Å². The van der Waals surface area contributed by atoms with Gasteiger partial charge in [0.2, 0.25) is 5.91 Å². The summed E-state index contributed by atoms with van der Waals surface area (Å²) in [7, 11) is 3.72. The van der Waals surface area contributed by atoms with E-state index in [1.54, 1.807) is 16.5 Å². The van der Waals surface area contributed by atoms with E-state index in [2.05, 4.69) is 17.3 Å². The first kappa shape index (κ1) is 15.1. The molecular weight excluding hydrogens is 264 g/mol. The molecule has 0 aliphatic heterocycles. The highest BCUT2D eigenvalue weighted by molar-refractivity contribution is 5.73. The molecule has 0 saturated carbocycles. The van der Waals surface area contributed by atoms with Crippen molar-refractivity contribution in [2.45, 2.75) is 26.4 Å². The van der Waals surface area contributed by atoms with Gasteiger partial charge in [0.25, 0.3) is 0 Å². The molecule has 1 amide bonds. The van der Waals surface area contributed by atoms with Crippen LogP contribution in [0.3, 0.4) is 0 Å². The molecule has 0 aliphatic carbocycles. The smallest absolute Gasteiger partial charge is 0.219 e. The fraction of sp³-hybridized carbons (Fsp3) is 0.375. The third kappa shape index (κ3) is 3.84. The van der Waals surface area contributed by atoms with E-state index in [-0.39, 0.29) is 11.9 Å². The summed E-state index contributed by atoms with van der Waals surface area (Å²) in [5, 5.41) is 7.69. The van der Waals surface area contributed by atoms with Crippen molar-refractivity contribution in [3.05, 3.63) is 47.8 Å². The molecule has 1 aromatic carbocycles. The number of amides is 1. The Balaban J connectivity index is 2.14. The zero-order valence-electron chi connectivity index (χ0n) is 13.0. The zero-order chi connectivity index (χ0) is 15.4. The van der Waals surface area contributed by atoms with Crippen molar-refractivity contribution < 1.29 is 4.79 Å². The Hall–Kier alpha value is -2.30. The second-order valence-electron chi connectivity index (χ2n) is 5.35. The van der Waals surface area contributed by atoms with Crippen LogP contribution in [0.4, 0.5) is 5.69 Å². The van der Waals surface area contributed by atoms with Crippen LogP contribution in [0.2, 0.25) is 0 Å². The van der Waals surface area contributed by atoms with Crippen LogP contribution in [-0.2, 0) is 18.4 Å². The number of aromatic nitrogens is 2. The molecule has 0 saturated heterocycles. The lowest BCUT2D eigenvalue weighted by Gasteiger charge is -2.20. The van der Waals surface area contributed by atoms with E-state index in [9.17, 15) is 4.79 Å². The highest BCUT2D eigenvalue weighted by Crippen LogP contribution is 2.23. The maximum Gasteiger partial charge on any atom is 0.219 e.